The molecule has 4 rings (SSSR count). The number of aromatic nitrogens is 1. The molecule has 0 radical (unpaired) electrons. The van der Waals surface area contributed by atoms with E-state index in [0.717, 1.165) is 11.3 Å². The molecule has 8 heteroatoms. The van der Waals surface area contributed by atoms with Crippen molar-refractivity contribution in [1.29, 1.82) is 0 Å². The third kappa shape index (κ3) is 5.11. The number of para-hydroxylation sites is 1. The number of ether oxygens (including phenoxy) is 3. The fourth-order valence-electron chi connectivity index (χ4n) is 3.43. The molecule has 0 N–H and O–H groups in total. The fraction of sp³-hybridized carbons (Fsp3) is 0.154. The summed E-state index contributed by atoms with van der Waals surface area (Å²) in [5.74, 6) is 0.457. The van der Waals surface area contributed by atoms with Crippen molar-refractivity contribution in [3.8, 4) is 11.5 Å². The van der Waals surface area contributed by atoms with Crippen molar-refractivity contribution in [2.45, 2.75) is 17.4 Å². The number of thioether (sulfide) groups is 1. The lowest BCUT2D eigenvalue weighted by atomic mass is 10.1. The van der Waals surface area contributed by atoms with E-state index in [-0.39, 0.29) is 28.5 Å². The van der Waals surface area contributed by atoms with Gasteiger partial charge in [-0.1, -0.05) is 41.9 Å². The van der Waals surface area contributed by atoms with Crippen LogP contribution in [0.1, 0.15) is 21.5 Å². The van der Waals surface area contributed by atoms with Crippen molar-refractivity contribution in [2.75, 3.05) is 14.2 Å². The van der Waals surface area contributed by atoms with Gasteiger partial charge in [-0.15, -0.1) is 11.8 Å². The monoisotopic (exact) mass is 497 g/mol. The fourth-order valence-corrected chi connectivity index (χ4v) is 4.61. The Bertz CT molecular complexity index is 1330. The molecule has 0 unspecified atom stereocenters. The molecule has 0 amide bonds. The Morgan fingerprint density at radius 3 is 2.62 bits per heavy atom. The van der Waals surface area contributed by atoms with E-state index in [1.165, 1.54) is 31.0 Å². The maximum absolute atomic E-state index is 14.4. The Labute approximate surface area is 205 Å². The predicted molar refractivity (Wildman–Crippen MR) is 131 cm³/mol. The van der Waals surface area contributed by atoms with Crippen LogP contribution in [-0.4, -0.2) is 25.2 Å². The first-order valence-electron chi connectivity index (χ1n) is 10.3. The normalized spacial score (nSPS) is 10.8. The largest absolute Gasteiger partial charge is 0.497 e. The SMILES string of the molecule is COC(=O)c1c(SCc2cccc(OC)c2)nc2ccccc2c1OCc1c(F)cccc1Cl. The van der Waals surface area contributed by atoms with Gasteiger partial charge in [-0.2, -0.15) is 0 Å². The summed E-state index contributed by atoms with van der Waals surface area (Å²) in [6, 6.07) is 19.4. The minimum atomic E-state index is -0.596. The molecule has 0 saturated carbocycles. The van der Waals surface area contributed by atoms with Crippen LogP contribution in [0.5, 0.6) is 11.5 Å². The van der Waals surface area contributed by atoms with Gasteiger partial charge in [0.25, 0.3) is 0 Å². The van der Waals surface area contributed by atoms with Crippen LogP contribution in [0.15, 0.2) is 71.8 Å². The lowest BCUT2D eigenvalue weighted by Crippen LogP contribution is -2.10. The van der Waals surface area contributed by atoms with Gasteiger partial charge >= 0.3 is 5.97 Å². The third-order valence-corrected chi connectivity index (χ3v) is 6.53. The van der Waals surface area contributed by atoms with E-state index in [1.54, 1.807) is 19.2 Å². The van der Waals surface area contributed by atoms with Crippen molar-refractivity contribution in [1.82, 2.24) is 4.98 Å². The number of carbonyl (C=O) groups excluding carboxylic acids is 1. The van der Waals surface area contributed by atoms with Gasteiger partial charge in [-0.3, -0.25) is 0 Å². The summed E-state index contributed by atoms with van der Waals surface area (Å²) in [5, 5.41) is 1.30. The number of hydrogen-bond acceptors (Lipinski definition) is 6. The smallest absolute Gasteiger partial charge is 0.344 e. The van der Waals surface area contributed by atoms with Crippen LogP contribution in [-0.2, 0) is 17.1 Å². The number of esters is 1. The zero-order valence-corrected chi connectivity index (χ0v) is 20.1. The average Bonchev–Trinajstić information content (AvgIpc) is 2.86. The van der Waals surface area contributed by atoms with Gasteiger partial charge in [0.15, 0.2) is 0 Å². The van der Waals surface area contributed by atoms with Crippen LogP contribution >= 0.6 is 23.4 Å². The molecule has 0 aliphatic heterocycles. The number of carbonyl (C=O) groups is 1. The van der Waals surface area contributed by atoms with Gasteiger partial charge < -0.3 is 14.2 Å². The Morgan fingerprint density at radius 1 is 1.06 bits per heavy atom. The summed E-state index contributed by atoms with van der Waals surface area (Å²) in [6.45, 7) is -0.163. The van der Waals surface area contributed by atoms with Crippen molar-refractivity contribution in [3.63, 3.8) is 0 Å². The van der Waals surface area contributed by atoms with Crippen LogP contribution in [0.2, 0.25) is 5.02 Å². The maximum Gasteiger partial charge on any atom is 0.344 e. The van der Waals surface area contributed by atoms with Crippen LogP contribution in [0.25, 0.3) is 10.9 Å². The molecule has 0 saturated heterocycles. The first kappa shape index (κ1) is 23.9. The maximum atomic E-state index is 14.4. The van der Waals surface area contributed by atoms with E-state index < -0.39 is 11.8 Å². The molecule has 0 spiro atoms. The standard InChI is InChI=1S/C26H21ClFNO4S/c1-31-17-8-5-7-16(13-17)15-34-25-23(26(30)32-2)24(18-9-3-4-12-22(18)29-25)33-14-19-20(27)10-6-11-21(19)28/h3-13H,14-15H2,1-2H3. The van der Waals surface area contributed by atoms with Gasteiger partial charge in [0.2, 0.25) is 0 Å². The molecule has 0 bridgehead atoms. The lowest BCUT2D eigenvalue weighted by Gasteiger charge is -2.17. The zero-order chi connectivity index (χ0) is 24.1. The summed E-state index contributed by atoms with van der Waals surface area (Å²) in [5.41, 5.74) is 2.02. The number of pyridine rings is 1. The second-order valence-corrected chi connectivity index (χ2v) is 8.63. The lowest BCUT2D eigenvalue weighted by molar-refractivity contribution is 0.0590. The molecule has 5 nitrogen and oxygen atoms in total. The minimum absolute atomic E-state index is 0.163. The van der Waals surface area contributed by atoms with Gasteiger partial charge in [-0.25, -0.2) is 14.2 Å². The van der Waals surface area contributed by atoms with Crippen molar-refractivity contribution in [2.24, 2.45) is 0 Å². The van der Waals surface area contributed by atoms with Gasteiger partial charge in [0, 0.05) is 16.7 Å². The van der Waals surface area contributed by atoms with Crippen LogP contribution in [0.3, 0.4) is 0 Å². The molecule has 0 aliphatic carbocycles. The topological polar surface area (TPSA) is 57.7 Å². The molecule has 4 aromatic rings. The Balaban J connectivity index is 1.76. The zero-order valence-electron chi connectivity index (χ0n) is 18.5. The molecule has 174 valence electrons. The van der Waals surface area contributed by atoms with Crippen molar-refractivity contribution < 1.29 is 23.4 Å². The molecule has 1 heterocycles. The van der Waals surface area contributed by atoms with Crippen LogP contribution in [0.4, 0.5) is 4.39 Å². The highest BCUT2D eigenvalue weighted by Crippen LogP contribution is 2.38. The molecule has 1 aromatic heterocycles. The molecule has 3 aromatic carbocycles. The van der Waals surface area contributed by atoms with E-state index in [9.17, 15) is 9.18 Å². The van der Waals surface area contributed by atoms with E-state index in [4.69, 9.17) is 30.8 Å². The first-order valence-corrected chi connectivity index (χ1v) is 11.7. The quantitative estimate of drug-likeness (QED) is 0.199. The minimum Gasteiger partial charge on any atom is -0.497 e. The Kier molecular flexibility index (Phi) is 7.55. The summed E-state index contributed by atoms with van der Waals surface area (Å²) in [7, 11) is 2.91. The first-order chi connectivity index (χ1) is 16.5. The number of halogens is 2. The Hall–Kier alpha value is -3.29. The highest BCUT2D eigenvalue weighted by molar-refractivity contribution is 7.98. The summed E-state index contributed by atoms with van der Waals surface area (Å²) in [4.78, 5) is 17.6. The van der Waals surface area contributed by atoms with Gasteiger partial charge in [-0.05, 0) is 42.0 Å². The summed E-state index contributed by atoms with van der Waals surface area (Å²) < 4.78 is 30.8. The number of methoxy groups -OCH3 is 2. The van der Waals surface area contributed by atoms with E-state index >= 15 is 0 Å². The molecular weight excluding hydrogens is 477 g/mol. The van der Waals surface area contributed by atoms with Crippen LogP contribution < -0.4 is 9.47 Å². The molecule has 0 fully saturated rings. The second-order valence-electron chi connectivity index (χ2n) is 7.26. The van der Waals surface area contributed by atoms with E-state index in [2.05, 4.69) is 0 Å². The molecule has 0 aliphatic rings. The Morgan fingerprint density at radius 2 is 1.85 bits per heavy atom. The number of hydrogen-bond donors (Lipinski definition) is 0. The van der Waals surface area contributed by atoms with E-state index in [0.29, 0.717) is 21.7 Å². The van der Waals surface area contributed by atoms with Gasteiger partial charge in [0.05, 0.1) is 24.8 Å². The number of nitrogens with zero attached hydrogens (tertiary/aromatic N) is 1. The second kappa shape index (κ2) is 10.8. The molecule has 34 heavy (non-hydrogen) atoms. The molecule has 0 atom stereocenters. The van der Waals surface area contributed by atoms with Crippen molar-refractivity contribution >= 4 is 40.2 Å². The average molecular weight is 498 g/mol. The number of rotatable bonds is 8. The van der Waals surface area contributed by atoms with E-state index in [1.807, 2.05) is 42.5 Å². The molecular formula is C26H21ClFNO4S. The van der Waals surface area contributed by atoms with Crippen LogP contribution in [0, 0.1) is 5.82 Å². The summed E-state index contributed by atoms with van der Waals surface area (Å²) >= 11 is 7.55. The van der Waals surface area contributed by atoms with Gasteiger partial charge in [0.1, 0.15) is 34.5 Å². The number of benzene rings is 3. The third-order valence-electron chi connectivity index (χ3n) is 5.13. The summed E-state index contributed by atoms with van der Waals surface area (Å²) in [6.07, 6.45) is 0. The highest BCUT2D eigenvalue weighted by atomic mass is 35.5. The van der Waals surface area contributed by atoms with Crippen molar-refractivity contribution in [3.05, 3.63) is 94.3 Å². The predicted octanol–water partition coefficient (Wildman–Crippen LogP) is 6.69. The highest BCUT2D eigenvalue weighted by Gasteiger charge is 2.24. The number of fused-ring (bicyclic) bond motifs is 1.